The molecule has 1 aromatic carbocycles. The third kappa shape index (κ3) is 3.83. The Labute approximate surface area is 122 Å². The normalized spacial score (nSPS) is 11.0. The Morgan fingerprint density at radius 3 is 2.57 bits per heavy atom. The Morgan fingerprint density at radius 1 is 1.24 bits per heavy atom. The van der Waals surface area contributed by atoms with Crippen LogP contribution in [0, 0.1) is 11.3 Å². The number of ether oxygens (including phenoxy) is 1. The minimum absolute atomic E-state index is 0.0963. The Bertz CT molecular complexity index is 681. The monoisotopic (exact) mass is 313 g/mol. The number of nitriles is 1. The molecule has 0 atom stereocenters. The summed E-state index contributed by atoms with van der Waals surface area (Å²) < 4.78 is 43.8. The van der Waals surface area contributed by atoms with E-state index in [1.165, 1.54) is 18.5 Å². The summed E-state index contributed by atoms with van der Waals surface area (Å²) >= 11 is 5.55. The van der Waals surface area contributed by atoms with Crippen molar-refractivity contribution in [1.29, 1.82) is 5.26 Å². The van der Waals surface area contributed by atoms with Crippen LogP contribution in [0.1, 0.15) is 16.8 Å². The van der Waals surface area contributed by atoms with Crippen LogP contribution in [0.5, 0.6) is 5.75 Å². The smallest absolute Gasteiger partial charge is 0.420 e. The van der Waals surface area contributed by atoms with Gasteiger partial charge in [0.2, 0.25) is 0 Å². The van der Waals surface area contributed by atoms with E-state index in [1.807, 2.05) is 0 Å². The standard InChI is InChI=1S/C13H7ClF3N3O/c14-12-6-19-9(5-20-12)7-21-11-2-1-8(4-18)3-10(11)13(15,16)17/h1-3,5-6H,7H2. The minimum atomic E-state index is -4.62. The van der Waals surface area contributed by atoms with E-state index >= 15 is 0 Å². The molecule has 0 bridgehead atoms. The van der Waals surface area contributed by atoms with Crippen LogP contribution in [-0.4, -0.2) is 9.97 Å². The topological polar surface area (TPSA) is 58.8 Å². The molecule has 0 aliphatic heterocycles. The Morgan fingerprint density at radius 2 is 2.00 bits per heavy atom. The third-order valence-electron chi connectivity index (χ3n) is 2.46. The summed E-state index contributed by atoms with van der Waals surface area (Å²) in [6, 6.07) is 4.74. The number of halogens is 4. The second-order valence-electron chi connectivity index (χ2n) is 3.94. The molecular weight excluding hydrogens is 307 g/mol. The maximum absolute atomic E-state index is 12.9. The average Bonchev–Trinajstić information content (AvgIpc) is 2.45. The molecule has 0 amide bonds. The molecule has 0 aliphatic carbocycles. The van der Waals surface area contributed by atoms with Crippen LogP contribution in [0.2, 0.25) is 5.15 Å². The van der Waals surface area contributed by atoms with Gasteiger partial charge in [0.1, 0.15) is 17.5 Å². The maximum Gasteiger partial charge on any atom is 0.420 e. The van der Waals surface area contributed by atoms with Crippen LogP contribution in [0.4, 0.5) is 13.2 Å². The van der Waals surface area contributed by atoms with Gasteiger partial charge in [-0.15, -0.1) is 0 Å². The molecule has 4 nitrogen and oxygen atoms in total. The van der Waals surface area contributed by atoms with Gasteiger partial charge in [-0.2, -0.15) is 18.4 Å². The number of nitrogens with zero attached hydrogens (tertiary/aromatic N) is 3. The van der Waals surface area contributed by atoms with E-state index in [0.29, 0.717) is 5.69 Å². The lowest BCUT2D eigenvalue weighted by Crippen LogP contribution is -2.09. The highest BCUT2D eigenvalue weighted by Crippen LogP contribution is 2.37. The van der Waals surface area contributed by atoms with Gasteiger partial charge in [0.05, 0.1) is 35.3 Å². The van der Waals surface area contributed by atoms with Crippen molar-refractivity contribution in [1.82, 2.24) is 9.97 Å². The second kappa shape index (κ2) is 5.97. The Balaban J connectivity index is 2.23. The molecule has 108 valence electrons. The molecule has 2 aromatic rings. The Kier molecular flexibility index (Phi) is 4.29. The van der Waals surface area contributed by atoms with Gasteiger partial charge < -0.3 is 4.74 Å². The first kappa shape index (κ1) is 15.1. The summed E-state index contributed by atoms with van der Waals surface area (Å²) in [6.45, 7) is -0.195. The van der Waals surface area contributed by atoms with E-state index in [4.69, 9.17) is 21.6 Å². The van der Waals surface area contributed by atoms with E-state index in [-0.39, 0.29) is 23.1 Å². The summed E-state index contributed by atoms with van der Waals surface area (Å²) in [5.41, 5.74) is -0.777. The average molecular weight is 314 g/mol. The fourth-order valence-corrected chi connectivity index (χ4v) is 1.61. The van der Waals surface area contributed by atoms with Crippen LogP contribution >= 0.6 is 11.6 Å². The predicted molar refractivity (Wildman–Crippen MR) is 67.5 cm³/mol. The molecule has 0 spiro atoms. The molecule has 0 fully saturated rings. The Hall–Kier alpha value is -2.33. The highest BCUT2D eigenvalue weighted by molar-refractivity contribution is 6.29. The summed E-state index contributed by atoms with van der Waals surface area (Å²) in [5, 5.41) is 8.84. The van der Waals surface area contributed by atoms with Gasteiger partial charge in [0.15, 0.2) is 0 Å². The van der Waals surface area contributed by atoms with E-state index in [1.54, 1.807) is 6.07 Å². The van der Waals surface area contributed by atoms with Crippen LogP contribution < -0.4 is 4.74 Å². The van der Waals surface area contributed by atoms with Crippen LogP contribution in [0.25, 0.3) is 0 Å². The van der Waals surface area contributed by atoms with Crippen molar-refractivity contribution in [3.63, 3.8) is 0 Å². The zero-order valence-electron chi connectivity index (χ0n) is 10.4. The number of alkyl halides is 3. The lowest BCUT2D eigenvalue weighted by atomic mass is 10.1. The number of hydrogen-bond donors (Lipinski definition) is 0. The zero-order chi connectivity index (χ0) is 15.5. The van der Waals surface area contributed by atoms with E-state index in [0.717, 1.165) is 12.1 Å². The zero-order valence-corrected chi connectivity index (χ0v) is 11.1. The van der Waals surface area contributed by atoms with E-state index in [9.17, 15) is 13.2 Å². The first-order valence-electron chi connectivity index (χ1n) is 5.60. The van der Waals surface area contributed by atoms with Crippen LogP contribution in [-0.2, 0) is 12.8 Å². The SMILES string of the molecule is N#Cc1ccc(OCc2cnc(Cl)cn2)c(C(F)(F)F)c1. The summed E-state index contributed by atoms with van der Waals surface area (Å²) in [7, 11) is 0. The van der Waals surface area contributed by atoms with Crippen LogP contribution in [0.3, 0.4) is 0 Å². The van der Waals surface area contributed by atoms with E-state index in [2.05, 4.69) is 9.97 Å². The molecular formula is C13H7ClF3N3O. The number of benzene rings is 1. The maximum atomic E-state index is 12.9. The molecule has 2 rings (SSSR count). The lowest BCUT2D eigenvalue weighted by molar-refractivity contribution is -0.139. The largest absolute Gasteiger partial charge is 0.487 e. The van der Waals surface area contributed by atoms with Gasteiger partial charge >= 0.3 is 6.18 Å². The highest BCUT2D eigenvalue weighted by atomic mass is 35.5. The fraction of sp³-hybridized carbons (Fsp3) is 0.154. The number of aromatic nitrogens is 2. The quantitative estimate of drug-likeness (QED) is 0.868. The van der Waals surface area contributed by atoms with Crippen molar-refractivity contribution < 1.29 is 17.9 Å². The molecule has 8 heteroatoms. The van der Waals surface area contributed by atoms with Crippen molar-refractivity contribution in [2.75, 3.05) is 0 Å². The minimum Gasteiger partial charge on any atom is -0.487 e. The van der Waals surface area contributed by atoms with Crippen molar-refractivity contribution in [3.8, 4) is 11.8 Å². The molecule has 0 N–H and O–H groups in total. The van der Waals surface area contributed by atoms with Gasteiger partial charge in [0, 0.05) is 0 Å². The van der Waals surface area contributed by atoms with Gasteiger partial charge in [0.25, 0.3) is 0 Å². The molecule has 0 saturated carbocycles. The van der Waals surface area contributed by atoms with Gasteiger partial charge in [-0.1, -0.05) is 11.6 Å². The second-order valence-corrected chi connectivity index (χ2v) is 4.33. The molecule has 1 aromatic heterocycles. The summed E-state index contributed by atoms with van der Waals surface area (Å²) in [5.74, 6) is -0.377. The molecule has 0 unspecified atom stereocenters. The molecule has 21 heavy (non-hydrogen) atoms. The van der Waals surface area contributed by atoms with Gasteiger partial charge in [-0.3, -0.25) is 4.98 Å². The number of rotatable bonds is 3. The summed E-state index contributed by atoms with van der Waals surface area (Å²) in [6.07, 6.45) is -2.04. The first-order chi connectivity index (χ1) is 9.90. The van der Waals surface area contributed by atoms with Crippen molar-refractivity contribution >= 4 is 11.6 Å². The molecule has 0 radical (unpaired) electrons. The summed E-state index contributed by atoms with van der Waals surface area (Å²) in [4.78, 5) is 7.61. The van der Waals surface area contributed by atoms with E-state index < -0.39 is 11.7 Å². The third-order valence-corrected chi connectivity index (χ3v) is 2.66. The first-order valence-corrected chi connectivity index (χ1v) is 5.98. The van der Waals surface area contributed by atoms with Crippen molar-refractivity contribution in [3.05, 3.63) is 52.6 Å². The lowest BCUT2D eigenvalue weighted by Gasteiger charge is -2.13. The predicted octanol–water partition coefficient (Wildman–Crippen LogP) is 3.60. The van der Waals surface area contributed by atoms with Gasteiger partial charge in [-0.05, 0) is 18.2 Å². The highest BCUT2D eigenvalue weighted by Gasteiger charge is 2.34. The van der Waals surface area contributed by atoms with Crippen molar-refractivity contribution in [2.24, 2.45) is 0 Å². The molecule has 0 aliphatic rings. The molecule has 1 heterocycles. The van der Waals surface area contributed by atoms with Crippen molar-refractivity contribution in [2.45, 2.75) is 12.8 Å². The number of hydrogen-bond acceptors (Lipinski definition) is 4. The van der Waals surface area contributed by atoms with Crippen LogP contribution in [0.15, 0.2) is 30.6 Å². The molecule has 0 saturated heterocycles. The van der Waals surface area contributed by atoms with Gasteiger partial charge in [-0.25, -0.2) is 4.98 Å². The fourth-order valence-electron chi connectivity index (χ4n) is 1.51.